The molecule has 12 heteroatoms. The van der Waals surface area contributed by atoms with Crippen molar-refractivity contribution < 1.29 is 29.4 Å². The van der Waals surface area contributed by atoms with Gasteiger partial charge in [0.2, 0.25) is 0 Å². The van der Waals surface area contributed by atoms with Crippen LogP contribution in [0.5, 0.6) is 0 Å². The number of nitrogens with two attached hydrogens (primary N) is 4. The van der Waals surface area contributed by atoms with Crippen molar-refractivity contribution in [2.45, 2.75) is 11.1 Å². The van der Waals surface area contributed by atoms with Crippen molar-refractivity contribution in [3.05, 3.63) is 0 Å². The predicted octanol–water partition coefficient (Wildman–Crippen LogP) is -3.01. The van der Waals surface area contributed by atoms with Gasteiger partial charge >= 0.3 is 11.9 Å². The van der Waals surface area contributed by atoms with Gasteiger partial charge in [-0.15, -0.1) is 0 Å². The van der Waals surface area contributed by atoms with Crippen LogP contribution in [-0.2, 0) is 19.2 Å². The van der Waals surface area contributed by atoms with Gasteiger partial charge in [-0.25, -0.2) is 9.59 Å². The van der Waals surface area contributed by atoms with Crippen molar-refractivity contribution in [3.63, 3.8) is 0 Å². The number of carboxylic acids is 2. The molecule has 126 valence electrons. The predicted molar refractivity (Wildman–Crippen MR) is 82.1 cm³/mol. The van der Waals surface area contributed by atoms with Gasteiger partial charge in [0.25, 0.3) is 0 Å². The minimum absolute atomic E-state index is 0.366. The normalized spacial score (nSPS) is 16.4. The molecule has 0 fully saturated rings. The van der Waals surface area contributed by atoms with Crippen LogP contribution in [0.2, 0.25) is 0 Å². The molecule has 2 unspecified atom stereocenters. The molecule has 0 saturated carbocycles. The lowest BCUT2D eigenvalue weighted by molar-refractivity contribution is -0.148. The standard InChI is InChI=1S/C10H18N4O6S2/c11-1-5(15)9(13,7(17)18)3-21-22-4-10(14,8(19)20)6(16)2-12/h1-4,11-14H2,(H,17,18)(H,19,20). The van der Waals surface area contributed by atoms with E-state index in [1.807, 2.05) is 0 Å². The summed E-state index contributed by atoms with van der Waals surface area (Å²) in [5.74, 6) is -5.57. The monoisotopic (exact) mass is 354 g/mol. The zero-order chi connectivity index (χ0) is 17.6. The number of hydrogen-bond acceptors (Lipinski definition) is 10. The van der Waals surface area contributed by atoms with Crippen molar-refractivity contribution >= 4 is 45.1 Å². The topological polar surface area (TPSA) is 213 Å². The summed E-state index contributed by atoms with van der Waals surface area (Å²) < 4.78 is 0. The van der Waals surface area contributed by atoms with E-state index >= 15 is 0 Å². The highest BCUT2D eigenvalue weighted by molar-refractivity contribution is 8.76. The third kappa shape index (κ3) is 4.66. The maximum Gasteiger partial charge on any atom is 0.332 e. The molecule has 2 atom stereocenters. The molecule has 0 aliphatic rings. The fourth-order valence-electron chi connectivity index (χ4n) is 1.16. The first-order chi connectivity index (χ1) is 10.1. The third-order valence-electron chi connectivity index (χ3n) is 2.79. The van der Waals surface area contributed by atoms with Crippen LogP contribution in [-0.4, -0.2) is 69.4 Å². The fraction of sp³-hybridized carbons (Fsp3) is 0.600. The molecule has 0 aromatic carbocycles. The fourth-order valence-corrected chi connectivity index (χ4v) is 3.88. The SMILES string of the molecule is NCC(=O)C(N)(CSSCC(N)(C(=O)O)C(=O)CN)C(=O)O. The Bertz CT molecular complexity index is 434. The van der Waals surface area contributed by atoms with Crippen LogP contribution in [0.15, 0.2) is 0 Å². The molecule has 0 aromatic heterocycles. The van der Waals surface area contributed by atoms with E-state index in [0.29, 0.717) is 0 Å². The highest BCUT2D eigenvalue weighted by Crippen LogP contribution is 2.28. The Morgan fingerprint density at radius 3 is 1.23 bits per heavy atom. The Morgan fingerprint density at radius 1 is 0.773 bits per heavy atom. The number of aliphatic carboxylic acids is 2. The van der Waals surface area contributed by atoms with Crippen molar-refractivity contribution in [3.8, 4) is 0 Å². The van der Waals surface area contributed by atoms with Crippen molar-refractivity contribution in [2.24, 2.45) is 22.9 Å². The van der Waals surface area contributed by atoms with E-state index in [1.54, 1.807) is 0 Å². The molecular formula is C10H18N4O6S2. The Balaban J connectivity index is 4.76. The molecule has 0 aliphatic heterocycles. The molecule has 0 aromatic rings. The summed E-state index contributed by atoms with van der Waals surface area (Å²) >= 11 is 0. The molecule has 0 radical (unpaired) electrons. The molecule has 0 heterocycles. The second-order valence-corrected chi connectivity index (χ2v) is 6.79. The largest absolute Gasteiger partial charge is 0.480 e. The van der Waals surface area contributed by atoms with E-state index in [9.17, 15) is 19.2 Å². The lowest BCUT2D eigenvalue weighted by Gasteiger charge is -2.24. The first-order valence-corrected chi connectivity index (χ1v) is 8.30. The van der Waals surface area contributed by atoms with E-state index in [1.165, 1.54) is 0 Å². The molecule has 0 amide bonds. The van der Waals surface area contributed by atoms with Gasteiger partial charge in [0, 0.05) is 11.5 Å². The molecule has 0 spiro atoms. The summed E-state index contributed by atoms with van der Waals surface area (Å²) in [6.45, 7) is -1.09. The van der Waals surface area contributed by atoms with Crippen LogP contribution in [0, 0.1) is 0 Å². The van der Waals surface area contributed by atoms with Crippen LogP contribution in [0.3, 0.4) is 0 Å². The van der Waals surface area contributed by atoms with E-state index in [2.05, 4.69) is 0 Å². The van der Waals surface area contributed by atoms with Crippen molar-refractivity contribution in [2.75, 3.05) is 24.6 Å². The average molecular weight is 354 g/mol. The molecule has 0 bridgehead atoms. The zero-order valence-electron chi connectivity index (χ0n) is 11.5. The Labute approximate surface area is 133 Å². The molecule has 10 N–H and O–H groups in total. The highest BCUT2D eigenvalue weighted by Gasteiger charge is 2.43. The van der Waals surface area contributed by atoms with Crippen LogP contribution < -0.4 is 22.9 Å². The van der Waals surface area contributed by atoms with E-state index in [0.717, 1.165) is 21.6 Å². The first-order valence-electron chi connectivity index (χ1n) is 5.82. The van der Waals surface area contributed by atoms with Crippen molar-refractivity contribution in [1.29, 1.82) is 0 Å². The number of hydrogen-bond donors (Lipinski definition) is 6. The Kier molecular flexibility index (Phi) is 8.00. The molecule has 0 saturated heterocycles. The lowest BCUT2D eigenvalue weighted by Crippen LogP contribution is -2.59. The molecule has 0 rings (SSSR count). The first kappa shape index (κ1) is 20.8. The van der Waals surface area contributed by atoms with Gasteiger partial charge in [-0.2, -0.15) is 0 Å². The van der Waals surface area contributed by atoms with Gasteiger partial charge in [-0.3, -0.25) is 9.59 Å². The van der Waals surface area contributed by atoms with E-state index in [4.69, 9.17) is 33.1 Å². The summed E-state index contributed by atoms with van der Waals surface area (Å²) in [6, 6.07) is 0. The highest BCUT2D eigenvalue weighted by atomic mass is 33.1. The summed E-state index contributed by atoms with van der Waals surface area (Å²) in [5, 5.41) is 18.0. The van der Waals surface area contributed by atoms with Crippen molar-refractivity contribution in [1.82, 2.24) is 0 Å². The van der Waals surface area contributed by atoms with E-state index in [-0.39, 0.29) is 11.5 Å². The number of Topliss-reactive ketones (excluding diaryl/α,β-unsaturated/α-hetero) is 2. The summed E-state index contributed by atoms with van der Waals surface area (Å²) in [7, 11) is 1.60. The Hall–Kier alpha value is -1.18. The van der Waals surface area contributed by atoms with Crippen LogP contribution in [0.25, 0.3) is 0 Å². The quantitative estimate of drug-likeness (QED) is 0.124. The minimum Gasteiger partial charge on any atom is -0.480 e. The molecular weight excluding hydrogens is 336 g/mol. The smallest absolute Gasteiger partial charge is 0.332 e. The van der Waals surface area contributed by atoms with E-state index < -0.39 is 47.7 Å². The average Bonchev–Trinajstić information content (AvgIpc) is 2.48. The summed E-state index contributed by atoms with van der Waals surface area (Å²) in [5.41, 5.74) is 16.8. The number of rotatable bonds is 11. The summed E-state index contributed by atoms with van der Waals surface area (Å²) in [4.78, 5) is 45.1. The second kappa shape index (κ2) is 8.45. The maximum absolute atomic E-state index is 11.5. The number of carbonyl (C=O) groups is 4. The van der Waals surface area contributed by atoms with Gasteiger partial charge < -0.3 is 33.1 Å². The lowest BCUT2D eigenvalue weighted by atomic mass is 9.98. The molecule has 22 heavy (non-hydrogen) atoms. The number of ketones is 2. The van der Waals surface area contributed by atoms with Crippen LogP contribution in [0.1, 0.15) is 0 Å². The van der Waals surface area contributed by atoms with Gasteiger partial charge in [-0.1, -0.05) is 21.6 Å². The van der Waals surface area contributed by atoms with Gasteiger partial charge in [0.1, 0.15) is 0 Å². The second-order valence-electron chi connectivity index (χ2n) is 4.33. The number of carboxylic acid groups (broad SMARTS) is 2. The zero-order valence-corrected chi connectivity index (χ0v) is 13.1. The van der Waals surface area contributed by atoms with Gasteiger partial charge in [0.05, 0.1) is 13.1 Å². The third-order valence-corrected chi connectivity index (χ3v) is 5.31. The Morgan fingerprint density at radius 2 is 1.05 bits per heavy atom. The number of carbonyl (C=O) groups excluding carboxylic acids is 2. The van der Waals surface area contributed by atoms with Gasteiger partial charge in [-0.05, 0) is 0 Å². The maximum atomic E-state index is 11.5. The summed E-state index contributed by atoms with van der Waals surface area (Å²) in [6.07, 6.45) is 0. The van der Waals surface area contributed by atoms with Crippen LogP contribution >= 0.6 is 21.6 Å². The van der Waals surface area contributed by atoms with Gasteiger partial charge in [0.15, 0.2) is 22.6 Å². The molecule has 0 aliphatic carbocycles. The van der Waals surface area contributed by atoms with Crippen LogP contribution in [0.4, 0.5) is 0 Å². The minimum atomic E-state index is -2.19. The molecule has 10 nitrogen and oxygen atoms in total.